The molecule has 0 amide bonds. The van der Waals surface area contributed by atoms with Crippen LogP contribution in [0.25, 0.3) is 5.70 Å². The van der Waals surface area contributed by atoms with Crippen LogP contribution in [0, 0.1) is 5.92 Å². The number of hydrazone groups is 1. The molecule has 130 valence electrons. The molecule has 0 spiro atoms. The summed E-state index contributed by atoms with van der Waals surface area (Å²) in [4.78, 5) is 9.19. The molecular weight excluding hydrogens is 332 g/mol. The van der Waals surface area contributed by atoms with Gasteiger partial charge in [0.15, 0.2) is 0 Å². The molecule has 3 aliphatic rings. The summed E-state index contributed by atoms with van der Waals surface area (Å²) in [6.07, 6.45) is 4.83. The van der Waals surface area contributed by atoms with Crippen LogP contribution in [0.1, 0.15) is 40.8 Å². The normalized spacial score (nSPS) is 24.9. The van der Waals surface area contributed by atoms with Crippen molar-refractivity contribution in [1.29, 1.82) is 0 Å². The van der Waals surface area contributed by atoms with Gasteiger partial charge in [0.25, 0.3) is 0 Å². The van der Waals surface area contributed by atoms with Gasteiger partial charge in [-0.25, -0.2) is 0 Å². The van der Waals surface area contributed by atoms with Gasteiger partial charge in [0.1, 0.15) is 0 Å². The first kappa shape index (κ1) is 14.9. The van der Waals surface area contributed by atoms with Gasteiger partial charge < -0.3 is 0 Å². The van der Waals surface area contributed by atoms with E-state index in [2.05, 4.69) is 51.8 Å². The van der Waals surface area contributed by atoms with E-state index < -0.39 is 0 Å². The largest absolute Gasteiger partial charge is 0.276 e. The summed E-state index contributed by atoms with van der Waals surface area (Å²) in [5.74, 6) is 1.15. The Morgan fingerprint density at radius 3 is 2.22 bits per heavy atom. The topological polar surface area (TPSA) is 50.2 Å². The maximum atomic E-state index is 4.80. The Morgan fingerprint density at radius 1 is 0.778 bits per heavy atom. The second-order valence-electron chi connectivity index (χ2n) is 7.37. The molecule has 6 rings (SSSR count). The molecular formula is C23H18N4. The van der Waals surface area contributed by atoms with Crippen LogP contribution < -0.4 is 5.43 Å². The van der Waals surface area contributed by atoms with Crippen LogP contribution in [0.2, 0.25) is 0 Å². The standard InChI is InChI=1S/C23H18N4/c1-2-8-15-14(7-1)16-13-17(15)21-20(16)22(18-9-3-5-11-24-18)26-27-23(21)19-10-4-6-12-25-19/h1-12,16-17,20,27H,13H2. The van der Waals surface area contributed by atoms with E-state index in [1.165, 1.54) is 16.7 Å². The Labute approximate surface area is 157 Å². The molecule has 3 atom stereocenters. The summed E-state index contributed by atoms with van der Waals surface area (Å²) in [6, 6.07) is 21.0. The molecule has 1 saturated carbocycles. The van der Waals surface area contributed by atoms with Crippen LogP contribution in [0.3, 0.4) is 0 Å². The highest BCUT2D eigenvalue weighted by Crippen LogP contribution is 2.61. The molecule has 2 aromatic heterocycles. The zero-order chi connectivity index (χ0) is 17.8. The van der Waals surface area contributed by atoms with E-state index in [0.717, 1.165) is 29.2 Å². The number of pyridine rings is 2. The van der Waals surface area contributed by atoms with Gasteiger partial charge in [-0.3, -0.25) is 15.4 Å². The monoisotopic (exact) mass is 350 g/mol. The Hall–Kier alpha value is -3.27. The van der Waals surface area contributed by atoms with Crippen molar-refractivity contribution in [2.45, 2.75) is 18.3 Å². The first-order valence-corrected chi connectivity index (χ1v) is 9.41. The molecule has 3 unspecified atom stereocenters. The Bertz CT molecular complexity index is 1090. The number of rotatable bonds is 2. The highest BCUT2D eigenvalue weighted by atomic mass is 15.3. The van der Waals surface area contributed by atoms with Gasteiger partial charge in [-0.2, -0.15) is 5.10 Å². The first-order valence-electron chi connectivity index (χ1n) is 9.41. The second-order valence-corrected chi connectivity index (χ2v) is 7.37. The number of allylic oxidation sites excluding steroid dienone is 1. The molecule has 0 radical (unpaired) electrons. The van der Waals surface area contributed by atoms with E-state index in [-0.39, 0.29) is 5.92 Å². The fraction of sp³-hybridized carbons (Fsp3) is 0.174. The Balaban J connectivity index is 1.57. The number of nitrogens with zero attached hydrogens (tertiary/aromatic N) is 3. The Kier molecular flexibility index (Phi) is 3.09. The van der Waals surface area contributed by atoms with Crippen molar-refractivity contribution in [3.05, 3.63) is 101 Å². The predicted octanol–water partition coefficient (Wildman–Crippen LogP) is 4.10. The highest BCUT2D eigenvalue weighted by molar-refractivity contribution is 6.06. The van der Waals surface area contributed by atoms with Gasteiger partial charge in [0.05, 0.1) is 22.8 Å². The van der Waals surface area contributed by atoms with Gasteiger partial charge in [-0.1, -0.05) is 36.4 Å². The quantitative estimate of drug-likeness (QED) is 0.757. The summed E-state index contributed by atoms with van der Waals surface area (Å²) in [5.41, 5.74) is 11.7. The predicted molar refractivity (Wildman–Crippen MR) is 105 cm³/mol. The first-order chi connectivity index (χ1) is 13.4. The lowest BCUT2D eigenvalue weighted by atomic mass is 9.75. The second kappa shape index (κ2) is 5.61. The molecule has 2 bridgehead atoms. The molecule has 1 aromatic carbocycles. The molecule has 1 N–H and O–H groups in total. The van der Waals surface area contributed by atoms with Crippen molar-refractivity contribution in [2.24, 2.45) is 11.0 Å². The molecule has 2 aliphatic carbocycles. The minimum Gasteiger partial charge on any atom is -0.276 e. The van der Waals surface area contributed by atoms with Gasteiger partial charge in [0, 0.05) is 24.2 Å². The van der Waals surface area contributed by atoms with Crippen molar-refractivity contribution >= 4 is 11.4 Å². The van der Waals surface area contributed by atoms with Crippen molar-refractivity contribution in [3.63, 3.8) is 0 Å². The highest BCUT2D eigenvalue weighted by Gasteiger charge is 2.52. The summed E-state index contributed by atoms with van der Waals surface area (Å²) >= 11 is 0. The fourth-order valence-electron chi connectivity index (χ4n) is 5.08. The van der Waals surface area contributed by atoms with Crippen LogP contribution in [0.15, 0.2) is 83.7 Å². The van der Waals surface area contributed by atoms with E-state index >= 15 is 0 Å². The lowest BCUT2D eigenvalue weighted by Gasteiger charge is -2.33. The molecule has 1 aliphatic heterocycles. The minimum absolute atomic E-state index is 0.262. The van der Waals surface area contributed by atoms with Gasteiger partial charge >= 0.3 is 0 Å². The van der Waals surface area contributed by atoms with Gasteiger partial charge in [-0.05, 0) is 53.3 Å². The molecule has 4 heteroatoms. The lowest BCUT2D eigenvalue weighted by molar-refractivity contribution is 0.660. The molecule has 3 aromatic rings. The minimum atomic E-state index is 0.262. The number of aromatic nitrogens is 2. The molecule has 4 nitrogen and oxygen atoms in total. The van der Waals surface area contributed by atoms with Crippen LogP contribution in [-0.2, 0) is 0 Å². The average Bonchev–Trinajstić information content (AvgIpc) is 3.33. The third kappa shape index (κ3) is 2.07. The summed E-state index contributed by atoms with van der Waals surface area (Å²) in [7, 11) is 0. The molecule has 1 fully saturated rings. The fourth-order valence-corrected chi connectivity index (χ4v) is 5.08. The summed E-state index contributed by atoms with van der Waals surface area (Å²) in [5, 5.41) is 4.80. The van der Waals surface area contributed by atoms with Crippen molar-refractivity contribution < 1.29 is 0 Å². The van der Waals surface area contributed by atoms with Crippen LogP contribution in [0.4, 0.5) is 0 Å². The number of hydrogen-bond acceptors (Lipinski definition) is 4. The van der Waals surface area contributed by atoms with Crippen LogP contribution in [-0.4, -0.2) is 15.7 Å². The number of fused-ring (bicyclic) bond motifs is 8. The van der Waals surface area contributed by atoms with Crippen LogP contribution in [0.5, 0.6) is 0 Å². The number of benzene rings is 1. The van der Waals surface area contributed by atoms with Crippen molar-refractivity contribution in [2.75, 3.05) is 0 Å². The maximum absolute atomic E-state index is 4.80. The maximum Gasteiger partial charge on any atom is 0.0941 e. The van der Waals surface area contributed by atoms with Gasteiger partial charge in [-0.15, -0.1) is 0 Å². The third-order valence-electron chi connectivity index (χ3n) is 6.09. The number of hydrogen-bond donors (Lipinski definition) is 1. The van der Waals surface area contributed by atoms with Crippen molar-refractivity contribution in [1.82, 2.24) is 15.4 Å². The Morgan fingerprint density at radius 2 is 1.48 bits per heavy atom. The van der Waals surface area contributed by atoms with E-state index in [9.17, 15) is 0 Å². The smallest absolute Gasteiger partial charge is 0.0941 e. The molecule has 3 heterocycles. The van der Waals surface area contributed by atoms with Crippen molar-refractivity contribution in [3.8, 4) is 0 Å². The SMILES string of the molecule is c1ccc(C2=NNC(c3ccccn3)=C3C4CC(c5ccccc54)C23)nc1. The van der Waals surface area contributed by atoms with Gasteiger partial charge in [0.2, 0.25) is 0 Å². The molecule has 0 saturated heterocycles. The molecule has 27 heavy (non-hydrogen) atoms. The number of nitrogens with one attached hydrogen (secondary N) is 1. The average molecular weight is 350 g/mol. The zero-order valence-corrected chi connectivity index (χ0v) is 14.7. The summed E-state index contributed by atoms with van der Waals surface area (Å²) < 4.78 is 0. The zero-order valence-electron chi connectivity index (χ0n) is 14.7. The summed E-state index contributed by atoms with van der Waals surface area (Å²) in [6.45, 7) is 0. The van der Waals surface area contributed by atoms with E-state index in [0.29, 0.717) is 11.8 Å². The van der Waals surface area contributed by atoms with E-state index in [1.807, 2.05) is 36.7 Å². The van der Waals surface area contributed by atoms with Crippen LogP contribution >= 0.6 is 0 Å². The van der Waals surface area contributed by atoms with E-state index in [1.54, 1.807) is 0 Å². The lowest BCUT2D eigenvalue weighted by Crippen LogP contribution is -2.32. The van der Waals surface area contributed by atoms with E-state index in [4.69, 9.17) is 5.10 Å². The third-order valence-corrected chi connectivity index (χ3v) is 6.09.